The lowest BCUT2D eigenvalue weighted by Gasteiger charge is -2.19. The highest BCUT2D eigenvalue weighted by atomic mass is 32.2. The highest BCUT2D eigenvalue weighted by Crippen LogP contribution is 2.48. The predicted molar refractivity (Wildman–Crippen MR) is 81.8 cm³/mol. The van der Waals surface area contributed by atoms with E-state index < -0.39 is 16.0 Å². The minimum absolute atomic E-state index is 0.0360. The summed E-state index contributed by atoms with van der Waals surface area (Å²) >= 11 is 0. The fourth-order valence-electron chi connectivity index (χ4n) is 4.26. The Bertz CT molecular complexity index is 757. The average Bonchev–Trinajstić information content (AvgIpc) is 3.20. The number of carbonyl (C=O) groups is 1. The molecule has 3 saturated heterocycles. The van der Waals surface area contributed by atoms with Gasteiger partial charge in [-0.05, 0) is 37.5 Å². The molecule has 4 rings (SSSR count). The van der Waals surface area contributed by atoms with Crippen LogP contribution in [-0.2, 0) is 14.8 Å². The molecule has 0 amide bonds. The van der Waals surface area contributed by atoms with Gasteiger partial charge in [-0.2, -0.15) is 4.31 Å². The predicted octanol–water partition coefficient (Wildman–Crippen LogP) is 1.49. The number of hydrogen-bond acceptors (Lipinski definition) is 4. The molecule has 0 aliphatic carbocycles. The molecule has 0 unspecified atom stereocenters. The number of sulfonamides is 1. The Balaban J connectivity index is 1.64. The molecule has 0 spiro atoms. The van der Waals surface area contributed by atoms with Crippen LogP contribution in [0.3, 0.4) is 0 Å². The highest BCUT2D eigenvalue weighted by Gasteiger charge is 2.55. The van der Waals surface area contributed by atoms with Crippen LogP contribution in [0.25, 0.3) is 0 Å². The number of aromatic carboxylic acids is 1. The quantitative estimate of drug-likeness (QED) is 0.903. The van der Waals surface area contributed by atoms with Gasteiger partial charge in [0.25, 0.3) is 0 Å². The van der Waals surface area contributed by atoms with Gasteiger partial charge in [-0.25, -0.2) is 13.2 Å². The maximum atomic E-state index is 12.9. The van der Waals surface area contributed by atoms with Crippen molar-refractivity contribution in [2.24, 2.45) is 11.8 Å². The highest BCUT2D eigenvalue weighted by molar-refractivity contribution is 7.89. The molecule has 3 heterocycles. The van der Waals surface area contributed by atoms with E-state index in [9.17, 15) is 18.3 Å². The normalized spacial score (nSPS) is 33.1. The topological polar surface area (TPSA) is 83.9 Å². The van der Waals surface area contributed by atoms with E-state index in [-0.39, 0.29) is 34.5 Å². The van der Waals surface area contributed by atoms with Crippen LogP contribution in [0.4, 0.5) is 0 Å². The van der Waals surface area contributed by atoms with Gasteiger partial charge in [0.05, 0.1) is 22.7 Å². The molecular weight excluding hydrogens is 318 g/mol. The van der Waals surface area contributed by atoms with Gasteiger partial charge in [0.1, 0.15) is 0 Å². The number of benzene rings is 1. The van der Waals surface area contributed by atoms with Crippen molar-refractivity contribution in [3.05, 3.63) is 29.3 Å². The standard InChI is InChI=1S/C16H19NO5S/c1-9-2-3-10(6-11(9)16(18)19)23(20,21)17-7-12-13(8-17)15-5-4-14(12)22-15/h2-3,6,12-15H,4-5,7-8H2,1H3,(H,18,19)/t12-,13-,14+,15+/m0/s1. The molecule has 7 heteroatoms. The van der Waals surface area contributed by atoms with Gasteiger partial charge in [0.15, 0.2) is 0 Å². The zero-order valence-corrected chi connectivity index (χ0v) is 13.6. The fraction of sp³-hybridized carbons (Fsp3) is 0.562. The van der Waals surface area contributed by atoms with Crippen molar-refractivity contribution in [2.75, 3.05) is 13.1 Å². The van der Waals surface area contributed by atoms with Crippen molar-refractivity contribution in [1.29, 1.82) is 0 Å². The molecule has 0 radical (unpaired) electrons. The third kappa shape index (κ3) is 2.21. The smallest absolute Gasteiger partial charge is 0.335 e. The van der Waals surface area contributed by atoms with E-state index in [2.05, 4.69) is 0 Å². The van der Waals surface area contributed by atoms with Crippen LogP contribution >= 0.6 is 0 Å². The zero-order chi connectivity index (χ0) is 16.4. The van der Waals surface area contributed by atoms with E-state index in [1.807, 2.05) is 0 Å². The van der Waals surface area contributed by atoms with Crippen molar-refractivity contribution >= 4 is 16.0 Å². The van der Waals surface area contributed by atoms with Gasteiger partial charge in [-0.3, -0.25) is 0 Å². The number of fused-ring (bicyclic) bond motifs is 5. The summed E-state index contributed by atoms with van der Waals surface area (Å²) in [6, 6.07) is 4.32. The summed E-state index contributed by atoms with van der Waals surface area (Å²) in [6.07, 6.45) is 2.43. The molecule has 0 aromatic heterocycles. The molecule has 2 bridgehead atoms. The van der Waals surface area contributed by atoms with E-state index >= 15 is 0 Å². The maximum absolute atomic E-state index is 12.9. The zero-order valence-electron chi connectivity index (χ0n) is 12.8. The Labute approximate surface area is 135 Å². The molecule has 23 heavy (non-hydrogen) atoms. The number of nitrogens with zero attached hydrogens (tertiary/aromatic N) is 1. The number of rotatable bonds is 3. The molecule has 3 fully saturated rings. The summed E-state index contributed by atoms with van der Waals surface area (Å²) in [5.74, 6) is -0.537. The Morgan fingerprint density at radius 1 is 1.22 bits per heavy atom. The largest absolute Gasteiger partial charge is 0.478 e. The third-order valence-corrected chi connectivity index (χ3v) is 7.32. The van der Waals surface area contributed by atoms with E-state index in [1.54, 1.807) is 13.0 Å². The van der Waals surface area contributed by atoms with Gasteiger partial charge in [-0.1, -0.05) is 6.07 Å². The summed E-state index contributed by atoms with van der Waals surface area (Å²) in [6.45, 7) is 2.62. The summed E-state index contributed by atoms with van der Waals surface area (Å²) in [7, 11) is -3.66. The molecule has 0 saturated carbocycles. The van der Waals surface area contributed by atoms with Crippen LogP contribution in [0, 0.1) is 18.8 Å². The fourth-order valence-corrected chi connectivity index (χ4v) is 5.80. The Kier molecular flexibility index (Phi) is 3.30. The first kappa shape index (κ1) is 15.1. The monoisotopic (exact) mass is 337 g/mol. The van der Waals surface area contributed by atoms with Crippen molar-refractivity contribution < 1.29 is 23.1 Å². The molecule has 1 aromatic rings. The molecule has 3 aliphatic rings. The molecule has 1 aromatic carbocycles. The minimum Gasteiger partial charge on any atom is -0.478 e. The van der Waals surface area contributed by atoms with Gasteiger partial charge in [0, 0.05) is 24.9 Å². The van der Waals surface area contributed by atoms with Crippen molar-refractivity contribution in [2.45, 2.75) is 36.9 Å². The lowest BCUT2D eigenvalue weighted by molar-refractivity contribution is 0.0695. The SMILES string of the molecule is Cc1ccc(S(=O)(=O)N2C[C@H]3[C@H](C2)[C@H]2CC[C@H]3O2)cc1C(=O)O. The van der Waals surface area contributed by atoms with Crippen molar-refractivity contribution in [3.8, 4) is 0 Å². The first-order chi connectivity index (χ1) is 10.9. The first-order valence-corrected chi connectivity index (χ1v) is 9.31. The van der Waals surface area contributed by atoms with E-state index in [0.717, 1.165) is 12.8 Å². The maximum Gasteiger partial charge on any atom is 0.335 e. The number of ether oxygens (including phenoxy) is 1. The second-order valence-corrected chi connectivity index (χ2v) is 8.66. The summed E-state index contributed by atoms with van der Waals surface area (Å²) < 4.78 is 33.1. The third-order valence-electron chi connectivity index (χ3n) is 5.50. The van der Waals surface area contributed by atoms with Crippen LogP contribution in [0.15, 0.2) is 23.1 Å². The number of aryl methyl sites for hydroxylation is 1. The lowest BCUT2D eigenvalue weighted by atomic mass is 9.82. The minimum atomic E-state index is -3.66. The van der Waals surface area contributed by atoms with Gasteiger partial charge >= 0.3 is 5.97 Å². The van der Waals surface area contributed by atoms with E-state index in [0.29, 0.717) is 18.7 Å². The van der Waals surface area contributed by atoms with Gasteiger partial charge in [-0.15, -0.1) is 0 Å². The van der Waals surface area contributed by atoms with E-state index in [1.165, 1.54) is 16.4 Å². The van der Waals surface area contributed by atoms with Crippen LogP contribution in [-0.4, -0.2) is 49.1 Å². The second-order valence-electron chi connectivity index (χ2n) is 6.72. The van der Waals surface area contributed by atoms with Gasteiger partial charge in [0.2, 0.25) is 10.0 Å². The molecule has 6 nitrogen and oxygen atoms in total. The summed E-state index contributed by atoms with van der Waals surface area (Å²) in [4.78, 5) is 11.3. The van der Waals surface area contributed by atoms with Crippen molar-refractivity contribution in [1.82, 2.24) is 4.31 Å². The first-order valence-electron chi connectivity index (χ1n) is 7.87. The molecule has 4 atom stereocenters. The lowest BCUT2D eigenvalue weighted by Crippen LogP contribution is -2.31. The van der Waals surface area contributed by atoms with Gasteiger partial charge < -0.3 is 9.84 Å². The van der Waals surface area contributed by atoms with Crippen molar-refractivity contribution in [3.63, 3.8) is 0 Å². The summed E-state index contributed by atoms with van der Waals surface area (Å²) in [5, 5.41) is 9.21. The number of carboxylic acids is 1. The van der Waals surface area contributed by atoms with Crippen LogP contribution < -0.4 is 0 Å². The Morgan fingerprint density at radius 3 is 2.39 bits per heavy atom. The van der Waals surface area contributed by atoms with Crippen LogP contribution in [0.2, 0.25) is 0 Å². The van der Waals surface area contributed by atoms with Crippen LogP contribution in [0.1, 0.15) is 28.8 Å². The number of hydrogen-bond donors (Lipinski definition) is 1. The molecule has 3 aliphatic heterocycles. The number of carboxylic acid groups (broad SMARTS) is 1. The second kappa shape index (κ2) is 5.03. The molecular formula is C16H19NO5S. The summed E-state index contributed by atoms with van der Waals surface area (Å²) in [5.41, 5.74) is 0.593. The van der Waals surface area contributed by atoms with Crippen LogP contribution in [0.5, 0.6) is 0 Å². The Morgan fingerprint density at radius 2 is 1.83 bits per heavy atom. The van der Waals surface area contributed by atoms with E-state index in [4.69, 9.17) is 4.74 Å². The molecule has 124 valence electrons. The average molecular weight is 337 g/mol. The molecule has 1 N–H and O–H groups in total. The Hall–Kier alpha value is -1.44.